The van der Waals surface area contributed by atoms with Gasteiger partial charge in [-0.1, -0.05) is 19.9 Å². The van der Waals surface area contributed by atoms with E-state index in [0.29, 0.717) is 11.0 Å². The van der Waals surface area contributed by atoms with Crippen LogP contribution in [-0.2, 0) is 0 Å². The highest BCUT2D eigenvalue weighted by atomic mass is 16.4. The van der Waals surface area contributed by atoms with Crippen LogP contribution in [0.3, 0.4) is 0 Å². The van der Waals surface area contributed by atoms with Gasteiger partial charge in [-0.25, -0.2) is 4.79 Å². The van der Waals surface area contributed by atoms with Crippen molar-refractivity contribution < 1.29 is 14.7 Å². The SMILES string of the molecule is CC1(C)CCN(C(=O)c2cccc(C(=O)O)c2)CC1. The summed E-state index contributed by atoms with van der Waals surface area (Å²) in [6.07, 6.45) is 1.97. The second-order valence-electron chi connectivity index (χ2n) is 5.84. The number of carboxylic acids is 1. The number of hydrogen-bond acceptors (Lipinski definition) is 2. The van der Waals surface area contributed by atoms with E-state index >= 15 is 0 Å². The number of carbonyl (C=O) groups excluding carboxylic acids is 1. The lowest BCUT2D eigenvalue weighted by molar-refractivity contribution is 0.0630. The molecule has 1 aliphatic rings. The minimum Gasteiger partial charge on any atom is -0.478 e. The average molecular weight is 261 g/mol. The molecule has 1 N–H and O–H groups in total. The number of likely N-dealkylation sites (tertiary alicyclic amines) is 1. The Kier molecular flexibility index (Phi) is 3.60. The van der Waals surface area contributed by atoms with Gasteiger partial charge in [0.1, 0.15) is 0 Å². The smallest absolute Gasteiger partial charge is 0.335 e. The van der Waals surface area contributed by atoms with Crippen molar-refractivity contribution in [3.8, 4) is 0 Å². The molecule has 0 saturated carbocycles. The molecule has 1 aromatic carbocycles. The standard InChI is InChI=1S/C15H19NO3/c1-15(2)6-8-16(9-7-15)13(17)11-4-3-5-12(10-11)14(18)19/h3-5,10H,6-9H2,1-2H3,(H,18,19). The number of amides is 1. The van der Waals surface area contributed by atoms with Crippen LogP contribution < -0.4 is 0 Å². The number of piperidine rings is 1. The third-order valence-corrected chi connectivity index (χ3v) is 3.76. The maximum absolute atomic E-state index is 12.3. The Labute approximate surface area is 113 Å². The summed E-state index contributed by atoms with van der Waals surface area (Å²) in [6.45, 7) is 5.89. The van der Waals surface area contributed by atoms with E-state index in [1.54, 1.807) is 12.1 Å². The number of rotatable bonds is 2. The minimum absolute atomic E-state index is 0.0707. The molecule has 0 aliphatic carbocycles. The number of carbonyl (C=O) groups is 2. The Bertz CT molecular complexity index is 498. The van der Waals surface area contributed by atoms with Gasteiger partial charge in [0, 0.05) is 18.7 Å². The van der Waals surface area contributed by atoms with Gasteiger partial charge in [0.25, 0.3) is 5.91 Å². The van der Waals surface area contributed by atoms with E-state index in [2.05, 4.69) is 13.8 Å². The molecule has 2 rings (SSSR count). The van der Waals surface area contributed by atoms with E-state index < -0.39 is 5.97 Å². The van der Waals surface area contributed by atoms with Crippen molar-refractivity contribution in [3.63, 3.8) is 0 Å². The molecule has 1 fully saturated rings. The lowest BCUT2D eigenvalue weighted by Crippen LogP contribution is -2.41. The van der Waals surface area contributed by atoms with Gasteiger partial charge in [-0.15, -0.1) is 0 Å². The van der Waals surface area contributed by atoms with Gasteiger partial charge in [0.05, 0.1) is 5.56 Å². The summed E-state index contributed by atoms with van der Waals surface area (Å²) in [5.74, 6) is -1.08. The van der Waals surface area contributed by atoms with Gasteiger partial charge >= 0.3 is 5.97 Å². The zero-order chi connectivity index (χ0) is 14.0. The highest BCUT2D eigenvalue weighted by Crippen LogP contribution is 2.30. The normalized spacial score (nSPS) is 18.1. The first-order valence-electron chi connectivity index (χ1n) is 6.52. The second kappa shape index (κ2) is 5.03. The molecule has 4 nitrogen and oxygen atoms in total. The fraction of sp³-hybridized carbons (Fsp3) is 0.467. The van der Waals surface area contributed by atoms with Gasteiger partial charge in [0.2, 0.25) is 0 Å². The maximum Gasteiger partial charge on any atom is 0.335 e. The predicted octanol–water partition coefficient (Wildman–Crippen LogP) is 2.65. The molecule has 0 radical (unpaired) electrons. The first-order chi connectivity index (χ1) is 8.89. The van der Waals surface area contributed by atoms with Gasteiger partial charge in [0.15, 0.2) is 0 Å². The summed E-state index contributed by atoms with van der Waals surface area (Å²) < 4.78 is 0. The van der Waals surface area contributed by atoms with Crippen LogP contribution >= 0.6 is 0 Å². The van der Waals surface area contributed by atoms with E-state index in [1.807, 2.05) is 4.90 Å². The van der Waals surface area contributed by atoms with Crippen molar-refractivity contribution in [2.24, 2.45) is 5.41 Å². The van der Waals surface area contributed by atoms with Crippen molar-refractivity contribution in [2.75, 3.05) is 13.1 Å². The lowest BCUT2D eigenvalue weighted by atomic mass is 9.82. The molecule has 1 aromatic rings. The Morgan fingerprint density at radius 3 is 2.32 bits per heavy atom. The fourth-order valence-electron chi connectivity index (χ4n) is 2.28. The molecule has 102 valence electrons. The first-order valence-corrected chi connectivity index (χ1v) is 6.52. The largest absolute Gasteiger partial charge is 0.478 e. The van der Waals surface area contributed by atoms with Gasteiger partial charge in [-0.3, -0.25) is 4.79 Å². The van der Waals surface area contributed by atoms with Gasteiger partial charge in [-0.05, 0) is 36.5 Å². The van der Waals surface area contributed by atoms with Gasteiger partial charge in [-0.2, -0.15) is 0 Å². The minimum atomic E-state index is -1.01. The zero-order valence-electron chi connectivity index (χ0n) is 11.3. The second-order valence-corrected chi connectivity index (χ2v) is 5.84. The van der Waals surface area contributed by atoms with Crippen LogP contribution in [0.1, 0.15) is 47.4 Å². The third kappa shape index (κ3) is 3.13. The Hall–Kier alpha value is -1.84. The van der Waals surface area contributed by atoms with Crippen molar-refractivity contribution in [2.45, 2.75) is 26.7 Å². The van der Waals surface area contributed by atoms with Crippen molar-refractivity contribution >= 4 is 11.9 Å². The number of hydrogen-bond donors (Lipinski definition) is 1. The molecule has 0 bridgehead atoms. The molecule has 0 atom stereocenters. The first kappa shape index (κ1) is 13.6. The summed E-state index contributed by atoms with van der Waals surface area (Å²) in [5.41, 5.74) is 0.905. The van der Waals surface area contributed by atoms with Crippen LogP contribution in [0.5, 0.6) is 0 Å². The maximum atomic E-state index is 12.3. The number of benzene rings is 1. The molecule has 0 unspecified atom stereocenters. The lowest BCUT2D eigenvalue weighted by Gasteiger charge is -2.37. The van der Waals surface area contributed by atoms with E-state index in [4.69, 9.17) is 5.11 Å². The molecular formula is C15H19NO3. The Balaban J connectivity index is 2.12. The summed E-state index contributed by atoms with van der Waals surface area (Å²) in [5, 5.41) is 8.95. The molecule has 0 spiro atoms. The molecule has 1 amide bonds. The molecule has 1 aliphatic heterocycles. The fourth-order valence-corrected chi connectivity index (χ4v) is 2.28. The molecule has 1 saturated heterocycles. The van der Waals surface area contributed by atoms with E-state index in [9.17, 15) is 9.59 Å². The third-order valence-electron chi connectivity index (χ3n) is 3.76. The Morgan fingerprint density at radius 2 is 1.74 bits per heavy atom. The molecule has 19 heavy (non-hydrogen) atoms. The van der Waals surface area contributed by atoms with Crippen molar-refractivity contribution in [3.05, 3.63) is 35.4 Å². The van der Waals surface area contributed by atoms with Crippen LogP contribution in [0.2, 0.25) is 0 Å². The highest BCUT2D eigenvalue weighted by Gasteiger charge is 2.28. The molecule has 0 aromatic heterocycles. The molecular weight excluding hydrogens is 242 g/mol. The number of nitrogens with zero attached hydrogens (tertiary/aromatic N) is 1. The van der Waals surface area contributed by atoms with E-state index in [-0.39, 0.29) is 11.5 Å². The van der Waals surface area contributed by atoms with Crippen LogP contribution in [-0.4, -0.2) is 35.0 Å². The average Bonchev–Trinajstić information content (AvgIpc) is 2.38. The quantitative estimate of drug-likeness (QED) is 0.890. The summed E-state index contributed by atoms with van der Waals surface area (Å²) >= 11 is 0. The van der Waals surface area contributed by atoms with Gasteiger partial charge < -0.3 is 10.0 Å². The monoisotopic (exact) mass is 261 g/mol. The number of aromatic carboxylic acids is 1. The number of carboxylic acid groups (broad SMARTS) is 1. The molecule has 4 heteroatoms. The Morgan fingerprint density at radius 1 is 1.16 bits per heavy atom. The predicted molar refractivity (Wildman–Crippen MR) is 72.3 cm³/mol. The zero-order valence-corrected chi connectivity index (χ0v) is 11.3. The van der Waals surface area contributed by atoms with Crippen LogP contribution in [0.25, 0.3) is 0 Å². The van der Waals surface area contributed by atoms with Crippen molar-refractivity contribution in [1.29, 1.82) is 0 Å². The molecule has 1 heterocycles. The van der Waals surface area contributed by atoms with Crippen molar-refractivity contribution in [1.82, 2.24) is 4.90 Å². The topological polar surface area (TPSA) is 57.6 Å². The van der Waals surface area contributed by atoms with Crippen LogP contribution in [0.4, 0.5) is 0 Å². The summed E-state index contributed by atoms with van der Waals surface area (Å²) in [4.78, 5) is 25.0. The van der Waals surface area contributed by atoms with Crippen LogP contribution in [0, 0.1) is 5.41 Å². The van der Waals surface area contributed by atoms with E-state index in [0.717, 1.165) is 25.9 Å². The highest BCUT2D eigenvalue weighted by molar-refractivity contribution is 5.97. The van der Waals surface area contributed by atoms with Crippen LogP contribution in [0.15, 0.2) is 24.3 Å². The summed E-state index contributed by atoms with van der Waals surface area (Å²) in [6, 6.07) is 6.24. The van der Waals surface area contributed by atoms with E-state index in [1.165, 1.54) is 12.1 Å². The summed E-state index contributed by atoms with van der Waals surface area (Å²) in [7, 11) is 0.